The molecule has 0 aliphatic carbocycles. The van der Waals surface area contributed by atoms with Gasteiger partial charge in [0.15, 0.2) is 0 Å². The highest BCUT2D eigenvalue weighted by Crippen LogP contribution is 2.14. The molecule has 0 aromatic rings. The molecule has 0 aliphatic heterocycles. The van der Waals surface area contributed by atoms with Crippen LogP contribution in [0.1, 0.15) is 52.9 Å². The first kappa shape index (κ1) is 19.4. The van der Waals surface area contributed by atoms with Crippen LogP contribution in [0.5, 0.6) is 0 Å². The Morgan fingerprint density at radius 1 is 1.20 bits per heavy atom. The molecule has 0 aromatic heterocycles. The fourth-order valence-electron chi connectivity index (χ4n) is 2.00. The van der Waals surface area contributed by atoms with Gasteiger partial charge < -0.3 is 9.64 Å². The molecule has 1 atom stereocenters. The van der Waals surface area contributed by atoms with Crippen molar-refractivity contribution in [3.05, 3.63) is 0 Å². The fourth-order valence-corrected chi connectivity index (χ4v) is 2.39. The molecule has 0 heterocycles. The minimum atomic E-state index is -0.460. The molecule has 0 N–H and O–H groups in total. The molecule has 0 aromatic carbocycles. The van der Waals surface area contributed by atoms with E-state index in [1.165, 1.54) is 0 Å². The van der Waals surface area contributed by atoms with Gasteiger partial charge >= 0.3 is 5.97 Å². The number of ether oxygens (including phenoxy) is 1. The van der Waals surface area contributed by atoms with Gasteiger partial charge in [-0.1, -0.05) is 36.2 Å². The van der Waals surface area contributed by atoms with Crippen molar-refractivity contribution in [1.82, 2.24) is 4.90 Å². The molecule has 0 saturated heterocycles. The molecule has 0 saturated carbocycles. The van der Waals surface area contributed by atoms with E-state index in [0.717, 1.165) is 24.6 Å². The Kier molecular flexibility index (Phi) is 10.8. The Bertz CT molecular complexity index is 295. The SMILES string of the molecule is CCOC(=O)[C@H](CC(C)C)N(C)C(=O)CCCCCBr. The second kappa shape index (κ2) is 11.1. The molecule has 0 aliphatic rings. The number of nitrogens with zero attached hydrogens (tertiary/aromatic N) is 1. The van der Waals surface area contributed by atoms with Crippen molar-refractivity contribution >= 4 is 27.8 Å². The molecule has 4 nitrogen and oxygen atoms in total. The molecule has 1 amide bonds. The number of hydrogen-bond acceptors (Lipinski definition) is 3. The van der Waals surface area contributed by atoms with Crippen molar-refractivity contribution in [3.63, 3.8) is 0 Å². The molecule has 0 unspecified atom stereocenters. The second-order valence-corrected chi connectivity index (χ2v) is 6.19. The standard InChI is InChI=1S/C15H28BrNO3/c1-5-20-15(19)13(11-12(2)3)17(4)14(18)9-7-6-8-10-16/h12-13H,5-11H2,1-4H3/t13-/m0/s1. The summed E-state index contributed by atoms with van der Waals surface area (Å²) >= 11 is 3.38. The summed E-state index contributed by atoms with van der Waals surface area (Å²) < 4.78 is 5.08. The van der Waals surface area contributed by atoms with Crippen LogP contribution < -0.4 is 0 Å². The third-order valence-corrected chi connectivity index (χ3v) is 3.70. The van der Waals surface area contributed by atoms with E-state index in [4.69, 9.17) is 4.74 Å². The molecular formula is C15H28BrNO3. The lowest BCUT2D eigenvalue weighted by molar-refractivity contribution is -0.154. The van der Waals surface area contributed by atoms with Gasteiger partial charge in [0.25, 0.3) is 0 Å². The minimum Gasteiger partial charge on any atom is -0.464 e. The Hall–Kier alpha value is -0.580. The van der Waals surface area contributed by atoms with Crippen molar-refractivity contribution in [2.45, 2.75) is 58.9 Å². The van der Waals surface area contributed by atoms with Crippen LogP contribution in [0.15, 0.2) is 0 Å². The van der Waals surface area contributed by atoms with Crippen LogP contribution in [0.25, 0.3) is 0 Å². The second-order valence-electron chi connectivity index (χ2n) is 5.40. The van der Waals surface area contributed by atoms with Gasteiger partial charge in [-0.05, 0) is 32.1 Å². The molecule has 118 valence electrons. The normalized spacial score (nSPS) is 12.3. The number of likely N-dealkylation sites (N-methyl/N-ethyl adjacent to an activating group) is 1. The van der Waals surface area contributed by atoms with Crippen LogP contribution >= 0.6 is 15.9 Å². The van der Waals surface area contributed by atoms with Crippen LogP contribution in [0.2, 0.25) is 0 Å². The number of halogens is 1. The van der Waals surface area contributed by atoms with E-state index < -0.39 is 6.04 Å². The predicted molar refractivity (Wildman–Crippen MR) is 84.9 cm³/mol. The molecule has 0 fully saturated rings. The number of carbonyl (C=O) groups is 2. The van der Waals surface area contributed by atoms with E-state index in [1.54, 1.807) is 18.9 Å². The first-order valence-corrected chi connectivity index (χ1v) is 8.54. The number of carbonyl (C=O) groups excluding carboxylic acids is 2. The zero-order chi connectivity index (χ0) is 15.5. The van der Waals surface area contributed by atoms with Crippen molar-refractivity contribution in [1.29, 1.82) is 0 Å². The number of alkyl halides is 1. The number of amides is 1. The summed E-state index contributed by atoms with van der Waals surface area (Å²) in [7, 11) is 1.71. The Balaban J connectivity index is 4.47. The third-order valence-electron chi connectivity index (χ3n) is 3.14. The summed E-state index contributed by atoms with van der Waals surface area (Å²) in [5.74, 6) is 0.0730. The Labute approximate surface area is 131 Å². The number of esters is 1. The average Bonchev–Trinajstić information content (AvgIpc) is 2.40. The zero-order valence-electron chi connectivity index (χ0n) is 13.2. The lowest BCUT2D eigenvalue weighted by atomic mass is 10.0. The van der Waals surface area contributed by atoms with Crippen LogP contribution in [0, 0.1) is 5.92 Å². The van der Waals surface area contributed by atoms with Crippen molar-refractivity contribution in [2.75, 3.05) is 19.0 Å². The van der Waals surface area contributed by atoms with Crippen molar-refractivity contribution in [3.8, 4) is 0 Å². The van der Waals surface area contributed by atoms with E-state index >= 15 is 0 Å². The van der Waals surface area contributed by atoms with E-state index in [0.29, 0.717) is 25.4 Å². The molecule has 0 radical (unpaired) electrons. The highest BCUT2D eigenvalue weighted by atomic mass is 79.9. The van der Waals surface area contributed by atoms with Gasteiger partial charge in [-0.2, -0.15) is 0 Å². The average molecular weight is 350 g/mol. The summed E-state index contributed by atoms with van der Waals surface area (Å²) in [5, 5.41) is 0.968. The molecule has 20 heavy (non-hydrogen) atoms. The van der Waals surface area contributed by atoms with Gasteiger partial charge in [-0.15, -0.1) is 0 Å². The van der Waals surface area contributed by atoms with E-state index in [2.05, 4.69) is 15.9 Å². The van der Waals surface area contributed by atoms with E-state index in [-0.39, 0.29) is 11.9 Å². The van der Waals surface area contributed by atoms with Gasteiger partial charge in [0.1, 0.15) is 6.04 Å². The van der Waals surface area contributed by atoms with Crippen molar-refractivity contribution in [2.24, 2.45) is 5.92 Å². The highest BCUT2D eigenvalue weighted by Gasteiger charge is 2.28. The summed E-state index contributed by atoms with van der Waals surface area (Å²) in [6, 6.07) is -0.460. The summed E-state index contributed by atoms with van der Waals surface area (Å²) in [4.78, 5) is 25.7. The number of hydrogen-bond donors (Lipinski definition) is 0. The number of rotatable bonds is 10. The minimum absolute atomic E-state index is 0.0262. The Morgan fingerprint density at radius 3 is 2.35 bits per heavy atom. The van der Waals surface area contributed by atoms with Crippen LogP contribution in [0.3, 0.4) is 0 Å². The van der Waals surface area contributed by atoms with E-state index in [1.807, 2.05) is 13.8 Å². The lowest BCUT2D eigenvalue weighted by Crippen LogP contribution is -2.44. The third kappa shape index (κ3) is 7.88. The van der Waals surface area contributed by atoms with Crippen molar-refractivity contribution < 1.29 is 14.3 Å². The smallest absolute Gasteiger partial charge is 0.328 e. The van der Waals surface area contributed by atoms with Gasteiger partial charge in [0.2, 0.25) is 5.91 Å². The van der Waals surface area contributed by atoms with Gasteiger partial charge in [-0.25, -0.2) is 4.79 Å². The Morgan fingerprint density at radius 2 is 1.85 bits per heavy atom. The van der Waals surface area contributed by atoms with Crippen LogP contribution in [-0.2, 0) is 14.3 Å². The lowest BCUT2D eigenvalue weighted by Gasteiger charge is -2.27. The van der Waals surface area contributed by atoms with Gasteiger partial charge in [-0.3, -0.25) is 4.79 Å². The maximum Gasteiger partial charge on any atom is 0.328 e. The molecule has 5 heteroatoms. The predicted octanol–water partition coefficient (Wildman–Crippen LogP) is 3.38. The molecular weight excluding hydrogens is 322 g/mol. The van der Waals surface area contributed by atoms with Gasteiger partial charge in [0, 0.05) is 18.8 Å². The van der Waals surface area contributed by atoms with Gasteiger partial charge in [0.05, 0.1) is 6.61 Å². The maximum atomic E-state index is 12.1. The van der Waals surface area contributed by atoms with Crippen LogP contribution in [-0.4, -0.2) is 41.8 Å². The molecule has 0 spiro atoms. The molecule has 0 rings (SSSR count). The highest BCUT2D eigenvalue weighted by molar-refractivity contribution is 9.09. The fraction of sp³-hybridized carbons (Fsp3) is 0.867. The molecule has 0 bridgehead atoms. The van der Waals surface area contributed by atoms with E-state index in [9.17, 15) is 9.59 Å². The monoisotopic (exact) mass is 349 g/mol. The topological polar surface area (TPSA) is 46.6 Å². The largest absolute Gasteiger partial charge is 0.464 e. The summed E-state index contributed by atoms with van der Waals surface area (Å²) in [5.41, 5.74) is 0. The summed E-state index contributed by atoms with van der Waals surface area (Å²) in [6.07, 6.45) is 4.11. The first-order valence-electron chi connectivity index (χ1n) is 7.42. The van der Waals surface area contributed by atoms with Crippen LogP contribution in [0.4, 0.5) is 0 Å². The quantitative estimate of drug-likeness (QED) is 0.345. The number of unbranched alkanes of at least 4 members (excludes halogenated alkanes) is 2. The zero-order valence-corrected chi connectivity index (χ0v) is 14.7. The maximum absolute atomic E-state index is 12.1. The first-order chi connectivity index (χ1) is 9.43. The summed E-state index contributed by atoms with van der Waals surface area (Å²) in [6.45, 7) is 6.22.